The monoisotopic (exact) mass is 527 g/mol. The van der Waals surface area contributed by atoms with Gasteiger partial charge in [0.1, 0.15) is 0 Å². The van der Waals surface area contributed by atoms with Crippen LogP contribution in [-0.4, -0.2) is 0 Å². The summed E-state index contributed by atoms with van der Waals surface area (Å²) in [6, 6.07) is 0. The molecule has 0 heteroatoms. The summed E-state index contributed by atoms with van der Waals surface area (Å²) in [6.07, 6.45) is 22.0. The Balaban J connectivity index is 1.94. The Morgan fingerprint density at radius 2 is 1.34 bits per heavy atom. The third-order valence-corrected chi connectivity index (χ3v) is 13.2. The summed E-state index contributed by atoms with van der Waals surface area (Å²) in [6.45, 7) is 31.8. The minimum Gasteiger partial charge on any atom is -0.0993 e. The van der Waals surface area contributed by atoms with Crippen LogP contribution >= 0.6 is 0 Å². The molecule has 2 aliphatic carbocycles. The van der Waals surface area contributed by atoms with Gasteiger partial charge in [-0.3, -0.25) is 0 Å². The second-order valence-electron chi connectivity index (χ2n) is 14.8. The number of rotatable bonds is 17. The smallest absolute Gasteiger partial charge is 0.0137 e. The van der Waals surface area contributed by atoms with Gasteiger partial charge < -0.3 is 0 Å². The highest BCUT2D eigenvalue weighted by molar-refractivity contribution is 5.26. The van der Waals surface area contributed by atoms with Gasteiger partial charge in [0.2, 0.25) is 0 Å². The third kappa shape index (κ3) is 8.03. The van der Waals surface area contributed by atoms with Crippen molar-refractivity contribution in [1.82, 2.24) is 0 Å². The van der Waals surface area contributed by atoms with E-state index in [9.17, 15) is 0 Å². The zero-order chi connectivity index (χ0) is 28.5. The van der Waals surface area contributed by atoms with Gasteiger partial charge in [-0.25, -0.2) is 0 Å². The van der Waals surface area contributed by atoms with E-state index in [0.717, 1.165) is 29.6 Å². The highest BCUT2D eigenvalue weighted by Crippen LogP contribution is 2.52. The molecule has 2 fully saturated rings. The lowest BCUT2D eigenvalue weighted by atomic mass is 9.58. The van der Waals surface area contributed by atoms with Crippen molar-refractivity contribution in [3.63, 3.8) is 0 Å². The van der Waals surface area contributed by atoms with Gasteiger partial charge in [0, 0.05) is 0 Å². The lowest BCUT2D eigenvalue weighted by molar-refractivity contribution is 0.102. The molecule has 0 radical (unpaired) electrons. The minimum atomic E-state index is 0.502. The first-order valence-corrected chi connectivity index (χ1v) is 17.4. The van der Waals surface area contributed by atoms with Crippen LogP contribution in [-0.2, 0) is 0 Å². The van der Waals surface area contributed by atoms with E-state index in [1.165, 1.54) is 103 Å². The van der Waals surface area contributed by atoms with Crippen molar-refractivity contribution >= 4 is 0 Å². The summed E-state index contributed by atoms with van der Waals surface area (Å²) in [5, 5.41) is 0. The molecule has 8 atom stereocenters. The maximum absolute atomic E-state index is 4.74. The summed E-state index contributed by atoms with van der Waals surface area (Å²) >= 11 is 0. The standard InChI is InChI=1S/C38H70/c1-12-28(5)20-18-26-37(11,13-2)29(6)21-19-27-38(14-3,15-4)30(7)24-25-34-31(8)32(9)35-22-16-17-23-36(35)33(34)10/h28-31,34-36H,9-10,12-27H2,1-8,11H3. The van der Waals surface area contributed by atoms with E-state index < -0.39 is 0 Å². The average molecular weight is 527 g/mol. The quantitative estimate of drug-likeness (QED) is 0.165. The molecule has 8 unspecified atom stereocenters. The fourth-order valence-electron chi connectivity index (χ4n) is 8.87. The first kappa shape index (κ1) is 33.7. The Morgan fingerprint density at radius 1 is 0.763 bits per heavy atom. The molecule has 2 rings (SSSR count). The van der Waals surface area contributed by atoms with Crippen molar-refractivity contribution in [3.05, 3.63) is 24.3 Å². The Hall–Kier alpha value is -0.520. The second-order valence-corrected chi connectivity index (χ2v) is 14.8. The van der Waals surface area contributed by atoms with E-state index in [1.54, 1.807) is 11.1 Å². The van der Waals surface area contributed by atoms with E-state index in [0.29, 0.717) is 22.7 Å². The normalized spacial score (nSPS) is 28.4. The largest absolute Gasteiger partial charge is 0.0993 e. The molecule has 0 nitrogen and oxygen atoms in total. The van der Waals surface area contributed by atoms with Crippen LogP contribution in [0.3, 0.4) is 0 Å². The number of hydrogen-bond acceptors (Lipinski definition) is 0. The molecule has 2 aliphatic rings. The highest BCUT2D eigenvalue weighted by atomic mass is 14.5. The van der Waals surface area contributed by atoms with E-state index in [2.05, 4.69) is 68.9 Å². The van der Waals surface area contributed by atoms with Gasteiger partial charge in [0.25, 0.3) is 0 Å². The summed E-state index contributed by atoms with van der Waals surface area (Å²) in [4.78, 5) is 0. The molecule has 0 spiro atoms. The first-order chi connectivity index (χ1) is 18.0. The van der Waals surface area contributed by atoms with Crippen molar-refractivity contribution in [2.45, 2.75) is 165 Å². The van der Waals surface area contributed by atoms with Gasteiger partial charge in [-0.15, -0.1) is 0 Å². The average Bonchev–Trinajstić information content (AvgIpc) is 2.93. The van der Waals surface area contributed by atoms with Gasteiger partial charge >= 0.3 is 0 Å². The van der Waals surface area contributed by atoms with Gasteiger partial charge in [-0.2, -0.15) is 0 Å². The predicted octanol–water partition coefficient (Wildman–Crippen LogP) is 12.8. The molecule has 2 saturated carbocycles. The van der Waals surface area contributed by atoms with Crippen LogP contribution in [0.4, 0.5) is 0 Å². The molecular formula is C38H70. The molecule has 0 aromatic rings. The molecule has 0 aromatic carbocycles. The van der Waals surface area contributed by atoms with Crippen molar-refractivity contribution < 1.29 is 0 Å². The molecule has 0 aliphatic heterocycles. The molecule has 38 heavy (non-hydrogen) atoms. The number of allylic oxidation sites excluding steroid dienone is 2. The zero-order valence-electron chi connectivity index (χ0n) is 27.8. The lowest BCUT2D eigenvalue weighted by Gasteiger charge is -2.47. The molecule has 0 N–H and O–H groups in total. The van der Waals surface area contributed by atoms with Crippen molar-refractivity contribution in [3.8, 4) is 0 Å². The van der Waals surface area contributed by atoms with Crippen LogP contribution < -0.4 is 0 Å². The first-order valence-electron chi connectivity index (χ1n) is 17.4. The van der Waals surface area contributed by atoms with Crippen molar-refractivity contribution in [2.75, 3.05) is 0 Å². The van der Waals surface area contributed by atoms with Gasteiger partial charge in [-0.1, -0.05) is 151 Å². The van der Waals surface area contributed by atoms with Crippen molar-refractivity contribution in [1.29, 1.82) is 0 Å². The highest BCUT2D eigenvalue weighted by Gasteiger charge is 2.42. The summed E-state index contributed by atoms with van der Waals surface area (Å²) in [5.41, 5.74) is 4.18. The van der Waals surface area contributed by atoms with E-state index in [1.807, 2.05) is 0 Å². The third-order valence-electron chi connectivity index (χ3n) is 13.2. The predicted molar refractivity (Wildman–Crippen MR) is 173 cm³/mol. The van der Waals surface area contributed by atoms with Crippen LogP contribution in [0.25, 0.3) is 0 Å². The van der Waals surface area contributed by atoms with Crippen LogP contribution in [0.15, 0.2) is 24.3 Å². The fraction of sp³-hybridized carbons (Fsp3) is 0.895. The Labute approximate surface area is 241 Å². The van der Waals surface area contributed by atoms with Crippen LogP contribution in [0.2, 0.25) is 0 Å². The summed E-state index contributed by atoms with van der Waals surface area (Å²) in [5.74, 6) is 5.25. The maximum atomic E-state index is 4.74. The molecule has 0 saturated heterocycles. The lowest BCUT2D eigenvalue weighted by Crippen LogP contribution is -2.37. The molecule has 0 bridgehead atoms. The second kappa shape index (κ2) is 15.5. The van der Waals surface area contributed by atoms with Crippen LogP contribution in [0.1, 0.15) is 165 Å². The topological polar surface area (TPSA) is 0 Å². The van der Waals surface area contributed by atoms with Gasteiger partial charge in [0.15, 0.2) is 0 Å². The van der Waals surface area contributed by atoms with E-state index in [4.69, 9.17) is 6.58 Å². The zero-order valence-corrected chi connectivity index (χ0v) is 27.8. The SMILES string of the molecule is C=C1C(C)C(CCC(C)C(CC)(CC)CCCC(C)C(C)(CC)CCCC(C)CC)C(=C)C2CCCCC12. The van der Waals surface area contributed by atoms with Crippen LogP contribution in [0, 0.1) is 52.3 Å². The minimum absolute atomic E-state index is 0.502. The van der Waals surface area contributed by atoms with E-state index in [-0.39, 0.29) is 0 Å². The van der Waals surface area contributed by atoms with Crippen molar-refractivity contribution in [2.24, 2.45) is 52.3 Å². The molecule has 0 aromatic heterocycles. The number of fused-ring (bicyclic) bond motifs is 1. The Kier molecular flexibility index (Phi) is 13.7. The summed E-state index contributed by atoms with van der Waals surface area (Å²) < 4.78 is 0. The molecule has 0 heterocycles. The molecule has 0 amide bonds. The number of hydrogen-bond donors (Lipinski definition) is 0. The van der Waals surface area contributed by atoms with Crippen LogP contribution in [0.5, 0.6) is 0 Å². The summed E-state index contributed by atoms with van der Waals surface area (Å²) in [7, 11) is 0. The molecule has 222 valence electrons. The Morgan fingerprint density at radius 3 is 1.89 bits per heavy atom. The maximum Gasteiger partial charge on any atom is -0.0137 e. The fourth-order valence-corrected chi connectivity index (χ4v) is 8.87. The Bertz CT molecular complexity index is 710. The molecular weight excluding hydrogens is 456 g/mol. The van der Waals surface area contributed by atoms with Gasteiger partial charge in [0.05, 0.1) is 0 Å². The van der Waals surface area contributed by atoms with E-state index >= 15 is 0 Å². The van der Waals surface area contributed by atoms with Gasteiger partial charge in [-0.05, 0) is 90.8 Å².